The minimum atomic E-state index is -0.281. The molecule has 0 heterocycles. The molecule has 0 aliphatic heterocycles. The molecule has 0 amide bonds. The third kappa shape index (κ3) is 9.93. The standard InChI is InChI=1S/C12H25NO3/c1-4-6-7-8-13(3)9-10-15-11-12(14)16-5-2/h4-11H2,1-3H3. The highest BCUT2D eigenvalue weighted by atomic mass is 16.6. The Bertz CT molecular complexity index is 174. The van der Waals surface area contributed by atoms with Crippen LogP contribution in [0.3, 0.4) is 0 Å². The number of unbranched alkanes of at least 4 members (excludes halogenated alkanes) is 2. The topological polar surface area (TPSA) is 38.8 Å². The fourth-order valence-electron chi connectivity index (χ4n) is 1.32. The lowest BCUT2D eigenvalue weighted by molar-refractivity contribution is -0.148. The highest BCUT2D eigenvalue weighted by Gasteiger charge is 2.02. The van der Waals surface area contributed by atoms with E-state index in [1.165, 1.54) is 19.3 Å². The second kappa shape index (κ2) is 10.9. The monoisotopic (exact) mass is 231 g/mol. The molecule has 0 saturated heterocycles. The lowest BCUT2D eigenvalue weighted by Gasteiger charge is -2.15. The van der Waals surface area contributed by atoms with E-state index in [1.54, 1.807) is 6.92 Å². The van der Waals surface area contributed by atoms with Crippen LogP contribution in [0.4, 0.5) is 0 Å². The third-order valence-corrected chi connectivity index (χ3v) is 2.29. The molecule has 0 aliphatic carbocycles. The van der Waals surface area contributed by atoms with Crippen LogP contribution in [0.15, 0.2) is 0 Å². The van der Waals surface area contributed by atoms with E-state index < -0.39 is 0 Å². The van der Waals surface area contributed by atoms with Crippen molar-refractivity contribution in [2.45, 2.75) is 33.1 Å². The number of hydrogen-bond donors (Lipinski definition) is 0. The van der Waals surface area contributed by atoms with Crippen LogP contribution in [0.1, 0.15) is 33.1 Å². The zero-order valence-electron chi connectivity index (χ0n) is 10.8. The SMILES string of the molecule is CCCCCN(C)CCOCC(=O)OCC. The van der Waals surface area contributed by atoms with Crippen molar-refractivity contribution in [3.63, 3.8) is 0 Å². The van der Waals surface area contributed by atoms with Crippen molar-refractivity contribution < 1.29 is 14.3 Å². The Morgan fingerprint density at radius 3 is 2.56 bits per heavy atom. The first kappa shape index (κ1) is 15.4. The Balaban J connectivity index is 3.26. The van der Waals surface area contributed by atoms with Gasteiger partial charge in [-0.15, -0.1) is 0 Å². The summed E-state index contributed by atoms with van der Waals surface area (Å²) >= 11 is 0. The number of rotatable bonds is 10. The van der Waals surface area contributed by atoms with Crippen LogP contribution in [-0.4, -0.2) is 50.8 Å². The van der Waals surface area contributed by atoms with Crippen LogP contribution in [0, 0.1) is 0 Å². The maximum atomic E-state index is 10.9. The summed E-state index contributed by atoms with van der Waals surface area (Å²) in [6.07, 6.45) is 3.74. The molecule has 0 aromatic rings. The van der Waals surface area contributed by atoms with Gasteiger partial charge < -0.3 is 14.4 Å². The van der Waals surface area contributed by atoms with Crippen molar-refractivity contribution in [1.29, 1.82) is 0 Å². The maximum Gasteiger partial charge on any atom is 0.332 e. The molecule has 0 bridgehead atoms. The van der Waals surface area contributed by atoms with E-state index in [-0.39, 0.29) is 12.6 Å². The van der Waals surface area contributed by atoms with Crippen LogP contribution in [0.5, 0.6) is 0 Å². The first-order chi connectivity index (χ1) is 7.70. The van der Waals surface area contributed by atoms with Crippen molar-refractivity contribution in [3.8, 4) is 0 Å². The first-order valence-corrected chi connectivity index (χ1v) is 6.12. The van der Waals surface area contributed by atoms with Crippen LogP contribution in [0.2, 0.25) is 0 Å². The molecule has 0 aromatic carbocycles. The van der Waals surface area contributed by atoms with Crippen molar-refractivity contribution in [2.24, 2.45) is 0 Å². The smallest absolute Gasteiger partial charge is 0.332 e. The van der Waals surface area contributed by atoms with Gasteiger partial charge in [-0.05, 0) is 26.9 Å². The van der Waals surface area contributed by atoms with Crippen LogP contribution in [-0.2, 0) is 14.3 Å². The Morgan fingerprint density at radius 1 is 1.19 bits per heavy atom. The van der Waals surface area contributed by atoms with Gasteiger partial charge in [0.05, 0.1) is 13.2 Å². The molecule has 0 fully saturated rings. The molecular formula is C12H25NO3. The van der Waals surface area contributed by atoms with E-state index in [2.05, 4.69) is 18.9 Å². The van der Waals surface area contributed by atoms with E-state index in [0.717, 1.165) is 13.1 Å². The number of hydrogen-bond acceptors (Lipinski definition) is 4. The predicted octanol–water partition coefficient (Wildman–Crippen LogP) is 1.69. The number of ether oxygens (including phenoxy) is 2. The molecule has 0 aromatic heterocycles. The third-order valence-electron chi connectivity index (χ3n) is 2.29. The number of likely N-dealkylation sites (N-methyl/N-ethyl adjacent to an activating group) is 1. The van der Waals surface area contributed by atoms with E-state index >= 15 is 0 Å². The molecule has 0 saturated carbocycles. The second-order valence-corrected chi connectivity index (χ2v) is 3.87. The minimum absolute atomic E-state index is 0.0661. The molecule has 4 nitrogen and oxygen atoms in total. The Hall–Kier alpha value is -0.610. The number of esters is 1. The lowest BCUT2D eigenvalue weighted by Crippen LogP contribution is -2.25. The molecule has 0 radical (unpaired) electrons. The summed E-state index contributed by atoms with van der Waals surface area (Å²) in [5.41, 5.74) is 0. The molecule has 0 unspecified atom stereocenters. The number of nitrogens with zero attached hydrogens (tertiary/aromatic N) is 1. The summed E-state index contributed by atoms with van der Waals surface area (Å²) in [6.45, 7) is 7.01. The number of carbonyl (C=O) groups excluding carboxylic acids is 1. The molecule has 4 heteroatoms. The quantitative estimate of drug-likeness (QED) is 0.423. The van der Waals surface area contributed by atoms with Gasteiger partial charge in [0.25, 0.3) is 0 Å². The molecule has 96 valence electrons. The second-order valence-electron chi connectivity index (χ2n) is 3.87. The van der Waals surface area contributed by atoms with Crippen molar-refractivity contribution in [2.75, 3.05) is 40.0 Å². The fourth-order valence-corrected chi connectivity index (χ4v) is 1.32. The summed E-state index contributed by atoms with van der Waals surface area (Å²) in [4.78, 5) is 13.2. The molecular weight excluding hydrogens is 206 g/mol. The summed E-state index contributed by atoms with van der Waals surface area (Å²) in [7, 11) is 2.07. The van der Waals surface area contributed by atoms with Gasteiger partial charge >= 0.3 is 5.97 Å². The van der Waals surface area contributed by atoms with Crippen molar-refractivity contribution in [1.82, 2.24) is 4.90 Å². The average molecular weight is 231 g/mol. The van der Waals surface area contributed by atoms with E-state index in [1.807, 2.05) is 0 Å². The molecule has 0 atom stereocenters. The summed E-state index contributed by atoms with van der Waals surface area (Å²) < 4.78 is 9.96. The molecule has 16 heavy (non-hydrogen) atoms. The van der Waals surface area contributed by atoms with Crippen LogP contribution < -0.4 is 0 Å². The normalized spacial score (nSPS) is 10.8. The highest BCUT2D eigenvalue weighted by molar-refractivity contribution is 5.70. The summed E-state index contributed by atoms with van der Waals surface area (Å²) in [5, 5.41) is 0. The zero-order chi connectivity index (χ0) is 12.2. The van der Waals surface area contributed by atoms with Gasteiger partial charge in [-0.3, -0.25) is 0 Å². The fraction of sp³-hybridized carbons (Fsp3) is 0.917. The first-order valence-electron chi connectivity index (χ1n) is 6.12. The Morgan fingerprint density at radius 2 is 1.94 bits per heavy atom. The highest BCUT2D eigenvalue weighted by Crippen LogP contribution is 1.96. The van der Waals surface area contributed by atoms with Gasteiger partial charge in [-0.1, -0.05) is 19.8 Å². The summed E-state index contributed by atoms with van der Waals surface area (Å²) in [5.74, 6) is -0.281. The van der Waals surface area contributed by atoms with Crippen molar-refractivity contribution in [3.05, 3.63) is 0 Å². The van der Waals surface area contributed by atoms with Gasteiger partial charge in [0.15, 0.2) is 0 Å². The van der Waals surface area contributed by atoms with Crippen LogP contribution in [0.25, 0.3) is 0 Å². The van der Waals surface area contributed by atoms with E-state index in [9.17, 15) is 4.79 Å². The number of carbonyl (C=O) groups is 1. The Kier molecular flexibility index (Phi) is 10.5. The van der Waals surface area contributed by atoms with Crippen LogP contribution >= 0.6 is 0 Å². The molecule has 0 aliphatic rings. The van der Waals surface area contributed by atoms with Gasteiger partial charge in [0.1, 0.15) is 6.61 Å². The Labute approximate surface area is 98.9 Å². The van der Waals surface area contributed by atoms with E-state index in [4.69, 9.17) is 9.47 Å². The maximum absolute atomic E-state index is 10.9. The minimum Gasteiger partial charge on any atom is -0.464 e. The summed E-state index contributed by atoms with van der Waals surface area (Å²) in [6, 6.07) is 0. The van der Waals surface area contributed by atoms with E-state index in [0.29, 0.717) is 13.2 Å². The van der Waals surface area contributed by atoms with Gasteiger partial charge in [-0.2, -0.15) is 0 Å². The van der Waals surface area contributed by atoms with Gasteiger partial charge in [-0.25, -0.2) is 4.79 Å². The molecule has 0 spiro atoms. The average Bonchev–Trinajstić information content (AvgIpc) is 2.25. The molecule has 0 rings (SSSR count). The van der Waals surface area contributed by atoms with Crippen molar-refractivity contribution >= 4 is 5.97 Å². The van der Waals surface area contributed by atoms with Gasteiger partial charge in [0, 0.05) is 6.54 Å². The zero-order valence-corrected chi connectivity index (χ0v) is 10.8. The molecule has 0 N–H and O–H groups in total. The lowest BCUT2D eigenvalue weighted by atomic mass is 10.2. The largest absolute Gasteiger partial charge is 0.464 e. The van der Waals surface area contributed by atoms with Gasteiger partial charge in [0.2, 0.25) is 0 Å². The predicted molar refractivity (Wildman–Crippen MR) is 64.5 cm³/mol.